The molecule has 2 rings (SSSR count). The number of nitrogens with one attached hydrogen (secondary N) is 3. The Hall–Kier alpha value is -0.160. The number of nitrogens with zero attached hydrogens (tertiary/aromatic N) is 1. The van der Waals surface area contributed by atoms with Crippen molar-refractivity contribution in [3.05, 3.63) is 0 Å². The van der Waals surface area contributed by atoms with Gasteiger partial charge >= 0.3 is 0 Å². The minimum absolute atomic E-state index is 1.14. The summed E-state index contributed by atoms with van der Waals surface area (Å²) in [4.78, 5) is 2.33. The second-order valence-corrected chi connectivity index (χ2v) is 3.55. The molecule has 0 amide bonds. The van der Waals surface area contributed by atoms with Gasteiger partial charge in [-0.3, -0.25) is 0 Å². The van der Waals surface area contributed by atoms with Gasteiger partial charge in [-0.1, -0.05) is 0 Å². The van der Waals surface area contributed by atoms with Gasteiger partial charge in [-0.15, -0.1) is 0 Å². The van der Waals surface area contributed by atoms with Crippen LogP contribution in [0, 0.1) is 0 Å². The Morgan fingerprint density at radius 1 is 0.692 bits per heavy atom. The van der Waals surface area contributed by atoms with Crippen molar-refractivity contribution in [3.63, 3.8) is 0 Å². The van der Waals surface area contributed by atoms with Gasteiger partial charge < -0.3 is 20.9 Å². The minimum atomic E-state index is 1.14. The molecule has 3 N–H and O–H groups in total. The lowest BCUT2D eigenvalue weighted by Gasteiger charge is -2.21. The first-order valence-corrected chi connectivity index (χ1v) is 5.20. The summed E-state index contributed by atoms with van der Waals surface area (Å²) in [5.74, 6) is 0. The van der Waals surface area contributed by atoms with E-state index in [1.807, 2.05) is 0 Å². The Balaban J connectivity index is 0.000000132. The Labute approximate surface area is 81.1 Å². The molecule has 0 radical (unpaired) electrons. The predicted molar refractivity (Wildman–Crippen MR) is 56.1 cm³/mol. The van der Waals surface area contributed by atoms with E-state index < -0.39 is 0 Å². The largest absolute Gasteiger partial charge is 0.314 e. The van der Waals surface area contributed by atoms with Crippen molar-refractivity contribution in [2.24, 2.45) is 0 Å². The van der Waals surface area contributed by atoms with Crippen molar-refractivity contribution in [1.82, 2.24) is 20.9 Å². The highest BCUT2D eigenvalue weighted by molar-refractivity contribution is 4.62. The molecule has 13 heavy (non-hydrogen) atoms. The molecule has 2 fully saturated rings. The third-order valence-corrected chi connectivity index (χ3v) is 2.30. The van der Waals surface area contributed by atoms with E-state index in [4.69, 9.17) is 0 Å². The Kier molecular flexibility index (Phi) is 6.10. The number of likely N-dealkylation sites (N-methyl/N-ethyl adjacent to an activating group) is 1. The van der Waals surface area contributed by atoms with Crippen LogP contribution in [-0.2, 0) is 0 Å². The number of hydrogen-bond acceptors (Lipinski definition) is 4. The van der Waals surface area contributed by atoms with Crippen molar-refractivity contribution in [2.45, 2.75) is 0 Å². The lowest BCUT2D eigenvalue weighted by atomic mass is 10.4. The number of rotatable bonds is 0. The van der Waals surface area contributed by atoms with Gasteiger partial charge in [-0.25, -0.2) is 0 Å². The molecule has 0 atom stereocenters. The van der Waals surface area contributed by atoms with Crippen LogP contribution in [-0.4, -0.2) is 64.3 Å². The maximum absolute atomic E-state index is 3.27. The fourth-order valence-electron chi connectivity index (χ4n) is 1.38. The van der Waals surface area contributed by atoms with E-state index in [9.17, 15) is 0 Å². The Morgan fingerprint density at radius 2 is 1.08 bits per heavy atom. The predicted octanol–water partition coefficient (Wildman–Crippen LogP) is -1.30. The zero-order chi connectivity index (χ0) is 9.36. The molecule has 2 heterocycles. The SMILES string of the molecule is C1CNCCN1.CN1CCNCC1. The van der Waals surface area contributed by atoms with Gasteiger partial charge in [0.25, 0.3) is 0 Å². The first-order valence-electron chi connectivity index (χ1n) is 5.20. The lowest BCUT2D eigenvalue weighted by Crippen LogP contribution is -2.40. The van der Waals surface area contributed by atoms with E-state index in [0.717, 1.165) is 39.3 Å². The van der Waals surface area contributed by atoms with Crippen molar-refractivity contribution < 1.29 is 0 Å². The van der Waals surface area contributed by atoms with Crippen LogP contribution in [0.2, 0.25) is 0 Å². The maximum Gasteiger partial charge on any atom is 0.0104 e. The number of hydrogen-bond donors (Lipinski definition) is 3. The van der Waals surface area contributed by atoms with Gasteiger partial charge in [-0.05, 0) is 7.05 Å². The number of piperazine rings is 2. The average Bonchev–Trinajstić information content (AvgIpc) is 2.22. The quantitative estimate of drug-likeness (QED) is 0.440. The summed E-state index contributed by atoms with van der Waals surface area (Å²) < 4.78 is 0. The van der Waals surface area contributed by atoms with Crippen molar-refractivity contribution in [2.75, 3.05) is 59.4 Å². The zero-order valence-corrected chi connectivity index (χ0v) is 8.60. The molecule has 4 heteroatoms. The van der Waals surface area contributed by atoms with Gasteiger partial charge in [0.2, 0.25) is 0 Å². The molecule has 0 bridgehead atoms. The van der Waals surface area contributed by atoms with Crippen LogP contribution in [0.3, 0.4) is 0 Å². The highest BCUT2D eigenvalue weighted by Gasteiger charge is 2.01. The molecular formula is C9H22N4. The second kappa shape index (κ2) is 7.26. The third kappa shape index (κ3) is 5.99. The summed E-state index contributed by atoms with van der Waals surface area (Å²) in [6.07, 6.45) is 0. The molecule has 0 aromatic heterocycles. The highest BCUT2D eigenvalue weighted by Crippen LogP contribution is 1.83. The molecule has 78 valence electrons. The van der Waals surface area contributed by atoms with E-state index in [1.54, 1.807) is 0 Å². The van der Waals surface area contributed by atoms with Crippen LogP contribution in [0.4, 0.5) is 0 Å². The molecule has 4 nitrogen and oxygen atoms in total. The van der Waals surface area contributed by atoms with Crippen LogP contribution in [0.25, 0.3) is 0 Å². The van der Waals surface area contributed by atoms with Crippen molar-refractivity contribution in [3.8, 4) is 0 Å². The summed E-state index contributed by atoms with van der Waals surface area (Å²) in [5.41, 5.74) is 0. The maximum atomic E-state index is 3.27. The first kappa shape index (κ1) is 10.9. The van der Waals surface area contributed by atoms with Crippen LogP contribution < -0.4 is 16.0 Å². The van der Waals surface area contributed by atoms with Gasteiger partial charge in [0, 0.05) is 52.4 Å². The zero-order valence-electron chi connectivity index (χ0n) is 8.60. The summed E-state index contributed by atoms with van der Waals surface area (Å²) in [5, 5.41) is 9.72. The summed E-state index contributed by atoms with van der Waals surface area (Å²) in [7, 11) is 2.15. The summed E-state index contributed by atoms with van der Waals surface area (Å²) >= 11 is 0. The second-order valence-electron chi connectivity index (χ2n) is 3.55. The first-order chi connectivity index (χ1) is 6.39. The topological polar surface area (TPSA) is 39.3 Å². The standard InChI is InChI=1S/C5H12N2.C4H10N2/c1-7-4-2-6-3-5-7;1-2-6-4-3-5-1/h6H,2-5H2,1H3;5-6H,1-4H2. The van der Waals surface area contributed by atoms with E-state index in [2.05, 4.69) is 27.9 Å². The molecule has 2 saturated heterocycles. The highest BCUT2D eigenvalue weighted by atomic mass is 15.2. The van der Waals surface area contributed by atoms with Crippen LogP contribution in [0.1, 0.15) is 0 Å². The van der Waals surface area contributed by atoms with Gasteiger partial charge in [-0.2, -0.15) is 0 Å². The van der Waals surface area contributed by atoms with Crippen molar-refractivity contribution in [1.29, 1.82) is 0 Å². The molecule has 0 unspecified atom stereocenters. The molecule has 0 aromatic carbocycles. The minimum Gasteiger partial charge on any atom is -0.314 e. The van der Waals surface area contributed by atoms with Gasteiger partial charge in [0.15, 0.2) is 0 Å². The van der Waals surface area contributed by atoms with E-state index in [-0.39, 0.29) is 0 Å². The summed E-state index contributed by atoms with van der Waals surface area (Å²) in [6.45, 7) is 9.30. The molecular weight excluding hydrogens is 164 g/mol. The molecule has 0 aliphatic carbocycles. The molecule has 0 spiro atoms. The van der Waals surface area contributed by atoms with Crippen LogP contribution >= 0.6 is 0 Å². The fraction of sp³-hybridized carbons (Fsp3) is 1.00. The van der Waals surface area contributed by atoms with Gasteiger partial charge in [0.05, 0.1) is 0 Å². The lowest BCUT2D eigenvalue weighted by molar-refractivity contribution is 0.291. The molecule has 2 aliphatic rings. The van der Waals surface area contributed by atoms with Crippen molar-refractivity contribution >= 4 is 0 Å². The van der Waals surface area contributed by atoms with E-state index in [1.165, 1.54) is 13.1 Å². The third-order valence-electron chi connectivity index (χ3n) is 2.30. The molecule has 0 aromatic rings. The monoisotopic (exact) mass is 186 g/mol. The van der Waals surface area contributed by atoms with Gasteiger partial charge in [0.1, 0.15) is 0 Å². The smallest absolute Gasteiger partial charge is 0.0104 e. The average molecular weight is 186 g/mol. The molecule has 0 saturated carbocycles. The molecule has 2 aliphatic heterocycles. The fourth-order valence-corrected chi connectivity index (χ4v) is 1.38. The normalized spacial score (nSPS) is 24.7. The van der Waals surface area contributed by atoms with E-state index >= 15 is 0 Å². The van der Waals surface area contributed by atoms with Crippen LogP contribution in [0.5, 0.6) is 0 Å². The Morgan fingerprint density at radius 3 is 1.31 bits per heavy atom. The summed E-state index contributed by atoms with van der Waals surface area (Å²) in [6, 6.07) is 0. The Bertz CT molecular complexity index is 96.7. The van der Waals surface area contributed by atoms with Crippen LogP contribution in [0.15, 0.2) is 0 Å². The van der Waals surface area contributed by atoms with E-state index in [0.29, 0.717) is 0 Å².